The summed E-state index contributed by atoms with van der Waals surface area (Å²) in [7, 11) is -2.85. The topological polar surface area (TPSA) is 85.4 Å². The van der Waals surface area contributed by atoms with Crippen molar-refractivity contribution in [2.75, 3.05) is 30.0 Å². The van der Waals surface area contributed by atoms with E-state index in [-0.39, 0.29) is 17.4 Å². The molecule has 112 valence electrons. The Morgan fingerprint density at radius 2 is 2.30 bits per heavy atom. The zero-order chi connectivity index (χ0) is 14.8. The van der Waals surface area contributed by atoms with Crippen LogP contribution in [0.2, 0.25) is 0 Å². The number of hydrogen-bond donors (Lipinski definition) is 1. The van der Waals surface area contributed by atoms with E-state index in [1.54, 1.807) is 6.92 Å². The van der Waals surface area contributed by atoms with Crippen LogP contribution in [0.5, 0.6) is 0 Å². The molecule has 1 unspecified atom stereocenters. The van der Waals surface area contributed by atoms with Crippen LogP contribution in [-0.4, -0.2) is 44.0 Å². The van der Waals surface area contributed by atoms with Crippen molar-refractivity contribution in [3.8, 4) is 0 Å². The average molecular weight is 318 g/mol. The van der Waals surface area contributed by atoms with Crippen molar-refractivity contribution in [1.82, 2.24) is 4.98 Å². The van der Waals surface area contributed by atoms with Gasteiger partial charge in [-0.05, 0) is 26.2 Å². The Labute approximate surface area is 122 Å². The molecule has 1 fully saturated rings. The third kappa shape index (κ3) is 3.69. The SMILES string of the molecule is CCOC(=O)c1nc(NCC2CCS(=O)(=O)C2)sc1C. The maximum absolute atomic E-state index is 11.6. The number of aromatic nitrogens is 1. The standard InChI is InChI=1S/C12H18N2O4S2/c1-3-18-11(15)10-8(2)19-12(14-10)13-6-9-4-5-20(16,17)7-9/h9H,3-7H2,1-2H3,(H,13,14). The van der Waals surface area contributed by atoms with Gasteiger partial charge in [0.1, 0.15) is 0 Å². The van der Waals surface area contributed by atoms with E-state index in [0.29, 0.717) is 30.4 Å². The zero-order valence-corrected chi connectivity index (χ0v) is 13.1. The number of aryl methyl sites for hydroxylation is 1. The van der Waals surface area contributed by atoms with Gasteiger partial charge in [-0.2, -0.15) is 0 Å². The molecule has 0 amide bonds. The number of thiazole rings is 1. The number of esters is 1. The third-order valence-electron chi connectivity index (χ3n) is 3.13. The lowest BCUT2D eigenvalue weighted by Crippen LogP contribution is -2.15. The molecule has 0 aromatic carbocycles. The van der Waals surface area contributed by atoms with Gasteiger partial charge in [0, 0.05) is 11.4 Å². The summed E-state index contributed by atoms with van der Waals surface area (Å²) in [6.45, 7) is 4.45. The van der Waals surface area contributed by atoms with Gasteiger partial charge in [-0.15, -0.1) is 11.3 Å². The second kappa shape index (κ2) is 6.09. The number of carbonyl (C=O) groups is 1. The van der Waals surface area contributed by atoms with Gasteiger partial charge < -0.3 is 10.1 Å². The number of nitrogens with zero attached hydrogens (tertiary/aromatic N) is 1. The molecule has 8 heteroatoms. The van der Waals surface area contributed by atoms with Crippen LogP contribution >= 0.6 is 11.3 Å². The number of anilines is 1. The Balaban J connectivity index is 1.94. The molecule has 0 aliphatic carbocycles. The molecule has 1 aromatic heterocycles. The fourth-order valence-electron chi connectivity index (χ4n) is 2.13. The molecule has 1 aliphatic rings. The van der Waals surface area contributed by atoms with Crippen LogP contribution in [0.3, 0.4) is 0 Å². The van der Waals surface area contributed by atoms with Crippen molar-refractivity contribution in [3.63, 3.8) is 0 Å². The minimum absolute atomic E-state index is 0.121. The van der Waals surface area contributed by atoms with Gasteiger partial charge in [-0.3, -0.25) is 0 Å². The van der Waals surface area contributed by atoms with Crippen molar-refractivity contribution >= 4 is 32.3 Å². The number of hydrogen-bond acceptors (Lipinski definition) is 7. The summed E-state index contributed by atoms with van der Waals surface area (Å²) in [5.41, 5.74) is 0.332. The molecule has 0 saturated carbocycles. The summed E-state index contributed by atoms with van der Waals surface area (Å²) in [6.07, 6.45) is 0.685. The zero-order valence-electron chi connectivity index (χ0n) is 11.5. The first-order valence-corrected chi connectivity index (χ1v) is 9.14. The lowest BCUT2D eigenvalue weighted by atomic mass is 10.1. The van der Waals surface area contributed by atoms with Gasteiger partial charge in [0.2, 0.25) is 0 Å². The first-order valence-electron chi connectivity index (χ1n) is 6.50. The highest BCUT2D eigenvalue weighted by Gasteiger charge is 2.27. The number of sulfone groups is 1. The van der Waals surface area contributed by atoms with Crippen LogP contribution in [0, 0.1) is 12.8 Å². The van der Waals surface area contributed by atoms with Crippen molar-refractivity contribution in [2.45, 2.75) is 20.3 Å². The largest absolute Gasteiger partial charge is 0.461 e. The molecular formula is C12H18N2O4S2. The summed E-state index contributed by atoms with van der Waals surface area (Å²) in [6, 6.07) is 0. The Hall–Kier alpha value is -1.15. The van der Waals surface area contributed by atoms with E-state index in [0.717, 1.165) is 4.88 Å². The van der Waals surface area contributed by atoms with Gasteiger partial charge in [-0.25, -0.2) is 18.2 Å². The van der Waals surface area contributed by atoms with E-state index < -0.39 is 15.8 Å². The lowest BCUT2D eigenvalue weighted by Gasteiger charge is -2.07. The summed E-state index contributed by atoms with van der Waals surface area (Å²) in [4.78, 5) is 16.6. The van der Waals surface area contributed by atoms with Crippen LogP contribution in [0.4, 0.5) is 5.13 Å². The van der Waals surface area contributed by atoms with E-state index in [1.807, 2.05) is 6.92 Å². The molecule has 20 heavy (non-hydrogen) atoms. The van der Waals surface area contributed by atoms with E-state index in [1.165, 1.54) is 11.3 Å². The summed E-state index contributed by atoms with van der Waals surface area (Å²) >= 11 is 1.38. The molecule has 1 atom stereocenters. The van der Waals surface area contributed by atoms with E-state index >= 15 is 0 Å². The van der Waals surface area contributed by atoms with Gasteiger partial charge in [0.05, 0.1) is 18.1 Å². The third-order valence-corrected chi connectivity index (χ3v) is 5.90. The Morgan fingerprint density at radius 1 is 1.55 bits per heavy atom. The summed E-state index contributed by atoms with van der Waals surface area (Å²) < 4.78 is 27.7. The molecule has 6 nitrogen and oxygen atoms in total. The monoisotopic (exact) mass is 318 g/mol. The molecule has 1 aliphatic heterocycles. The van der Waals surface area contributed by atoms with Gasteiger partial charge >= 0.3 is 5.97 Å². The molecule has 0 bridgehead atoms. The van der Waals surface area contributed by atoms with Crippen LogP contribution in [0.25, 0.3) is 0 Å². The van der Waals surface area contributed by atoms with Gasteiger partial charge in [0.25, 0.3) is 0 Å². The lowest BCUT2D eigenvalue weighted by molar-refractivity contribution is 0.0519. The first kappa shape index (κ1) is 15.2. The maximum Gasteiger partial charge on any atom is 0.358 e. The highest BCUT2D eigenvalue weighted by Crippen LogP contribution is 2.24. The molecule has 1 saturated heterocycles. The molecular weight excluding hydrogens is 300 g/mol. The van der Waals surface area contributed by atoms with E-state index in [9.17, 15) is 13.2 Å². The first-order chi connectivity index (χ1) is 9.41. The molecule has 2 heterocycles. The van der Waals surface area contributed by atoms with Crippen molar-refractivity contribution < 1.29 is 17.9 Å². The Morgan fingerprint density at radius 3 is 2.90 bits per heavy atom. The van der Waals surface area contributed by atoms with Gasteiger partial charge in [0.15, 0.2) is 20.7 Å². The molecule has 0 radical (unpaired) electrons. The van der Waals surface area contributed by atoms with Crippen molar-refractivity contribution in [1.29, 1.82) is 0 Å². The number of nitrogens with one attached hydrogen (secondary N) is 1. The second-order valence-corrected chi connectivity index (χ2v) is 8.23. The highest BCUT2D eigenvalue weighted by molar-refractivity contribution is 7.91. The second-order valence-electron chi connectivity index (χ2n) is 4.79. The normalized spacial score (nSPS) is 20.8. The van der Waals surface area contributed by atoms with Crippen LogP contribution in [0.1, 0.15) is 28.7 Å². The van der Waals surface area contributed by atoms with Crippen LogP contribution in [-0.2, 0) is 14.6 Å². The number of carbonyl (C=O) groups excluding carboxylic acids is 1. The number of rotatable bonds is 5. The van der Waals surface area contributed by atoms with Crippen molar-refractivity contribution in [2.24, 2.45) is 5.92 Å². The minimum atomic E-state index is -2.85. The minimum Gasteiger partial charge on any atom is -0.461 e. The van der Waals surface area contributed by atoms with Gasteiger partial charge in [-0.1, -0.05) is 0 Å². The average Bonchev–Trinajstić information content (AvgIpc) is 2.90. The number of ether oxygens (including phenoxy) is 1. The Bertz CT molecular complexity index is 595. The van der Waals surface area contributed by atoms with Crippen molar-refractivity contribution in [3.05, 3.63) is 10.6 Å². The van der Waals surface area contributed by atoms with Crippen LogP contribution < -0.4 is 5.32 Å². The molecule has 1 aromatic rings. The predicted molar refractivity (Wildman–Crippen MR) is 78.1 cm³/mol. The Kier molecular flexibility index (Phi) is 4.64. The maximum atomic E-state index is 11.6. The summed E-state index contributed by atoms with van der Waals surface area (Å²) in [5.74, 6) is 0.201. The van der Waals surface area contributed by atoms with E-state index in [2.05, 4.69) is 10.3 Å². The molecule has 1 N–H and O–H groups in total. The summed E-state index contributed by atoms with van der Waals surface area (Å²) in [5, 5.41) is 3.75. The molecule has 0 spiro atoms. The van der Waals surface area contributed by atoms with Crippen LogP contribution in [0.15, 0.2) is 0 Å². The fourth-order valence-corrected chi connectivity index (χ4v) is 4.80. The molecule has 2 rings (SSSR count). The fraction of sp³-hybridized carbons (Fsp3) is 0.667. The predicted octanol–water partition coefficient (Wildman–Crippen LogP) is 1.47. The quantitative estimate of drug-likeness (QED) is 0.828. The highest BCUT2D eigenvalue weighted by atomic mass is 32.2. The smallest absolute Gasteiger partial charge is 0.358 e. The van der Waals surface area contributed by atoms with E-state index in [4.69, 9.17) is 4.74 Å².